The number of amides is 2. The second-order valence-electron chi connectivity index (χ2n) is 5.69. The number of rotatable bonds is 3. The Hall–Kier alpha value is -2.24. The van der Waals surface area contributed by atoms with Crippen LogP contribution in [0.4, 0.5) is 4.79 Å². The van der Waals surface area contributed by atoms with Crippen LogP contribution in [-0.4, -0.2) is 49.3 Å². The van der Waals surface area contributed by atoms with Gasteiger partial charge in [-0.15, -0.1) is 0 Å². The minimum atomic E-state index is -0.497. The van der Waals surface area contributed by atoms with Gasteiger partial charge in [-0.3, -0.25) is 4.79 Å². The third-order valence-electron chi connectivity index (χ3n) is 4.45. The number of nitrogens with zero attached hydrogens (tertiary/aromatic N) is 2. The van der Waals surface area contributed by atoms with E-state index in [9.17, 15) is 9.59 Å². The van der Waals surface area contributed by atoms with Gasteiger partial charge < -0.3 is 9.47 Å². The summed E-state index contributed by atoms with van der Waals surface area (Å²) < 4.78 is 9.92. The van der Waals surface area contributed by atoms with Gasteiger partial charge in [0, 0.05) is 13.1 Å². The van der Waals surface area contributed by atoms with Crippen LogP contribution in [0.25, 0.3) is 0 Å². The lowest BCUT2D eigenvalue weighted by atomic mass is 9.94. The normalized spacial score (nSPS) is 19.0. The molecule has 0 N–H and O–H groups in total. The van der Waals surface area contributed by atoms with Crippen LogP contribution in [-0.2, 0) is 14.9 Å². The van der Waals surface area contributed by atoms with Crippen LogP contribution in [0.15, 0.2) is 24.3 Å². The zero-order valence-corrected chi connectivity index (χ0v) is 12.9. The van der Waals surface area contributed by atoms with E-state index in [2.05, 4.69) is 0 Å². The minimum absolute atomic E-state index is 0.0134. The highest BCUT2D eigenvalue weighted by Crippen LogP contribution is 2.50. The number of hydrogen-bond acceptors (Lipinski definition) is 4. The molecule has 0 spiro atoms. The second-order valence-corrected chi connectivity index (χ2v) is 5.69. The maximum Gasteiger partial charge on any atom is 0.428 e. The van der Waals surface area contributed by atoms with Crippen molar-refractivity contribution >= 4 is 12.0 Å². The standard InChI is InChI=1S/C16H20N2O4/c1-21-13-6-4-12(5-7-13)16(8-9-16)14(19)17-10-3-11-18(17)15(20)22-2/h4-7H,3,8-11H2,1-2H3. The summed E-state index contributed by atoms with van der Waals surface area (Å²) in [6.07, 6.45) is 1.92. The number of carbonyl (C=O) groups excluding carboxylic acids is 2. The first-order valence-electron chi connectivity index (χ1n) is 7.44. The first-order chi connectivity index (χ1) is 10.6. The smallest absolute Gasteiger partial charge is 0.428 e. The van der Waals surface area contributed by atoms with Gasteiger partial charge in [-0.25, -0.2) is 14.8 Å². The van der Waals surface area contributed by atoms with Crippen LogP contribution in [0, 0.1) is 0 Å². The van der Waals surface area contributed by atoms with Crippen LogP contribution in [0.5, 0.6) is 5.75 Å². The van der Waals surface area contributed by atoms with Gasteiger partial charge in [-0.05, 0) is 37.0 Å². The van der Waals surface area contributed by atoms with Crippen molar-refractivity contribution in [2.75, 3.05) is 27.3 Å². The molecule has 6 heteroatoms. The average molecular weight is 304 g/mol. The van der Waals surface area contributed by atoms with Crippen LogP contribution in [0.3, 0.4) is 0 Å². The van der Waals surface area contributed by atoms with Crippen molar-refractivity contribution in [3.05, 3.63) is 29.8 Å². The van der Waals surface area contributed by atoms with Crippen molar-refractivity contribution in [3.8, 4) is 5.75 Å². The molecular formula is C16H20N2O4. The molecule has 0 bridgehead atoms. The summed E-state index contributed by atoms with van der Waals surface area (Å²) in [5.74, 6) is 0.755. The topological polar surface area (TPSA) is 59.1 Å². The Balaban J connectivity index is 1.82. The monoisotopic (exact) mass is 304 g/mol. The van der Waals surface area contributed by atoms with Crippen molar-refractivity contribution < 1.29 is 19.1 Å². The number of hydrogen-bond donors (Lipinski definition) is 0. The number of hydrazine groups is 1. The van der Waals surface area contributed by atoms with Crippen molar-refractivity contribution in [1.82, 2.24) is 10.0 Å². The molecule has 1 aromatic rings. The molecule has 6 nitrogen and oxygen atoms in total. The summed E-state index contributed by atoms with van der Waals surface area (Å²) in [4.78, 5) is 24.8. The first-order valence-corrected chi connectivity index (χ1v) is 7.44. The van der Waals surface area contributed by atoms with E-state index in [1.165, 1.54) is 12.1 Å². The summed E-state index contributed by atoms with van der Waals surface area (Å²) in [6, 6.07) is 7.60. The molecule has 118 valence electrons. The predicted octanol–water partition coefficient (Wildman–Crippen LogP) is 1.94. The molecule has 2 fully saturated rings. The van der Waals surface area contributed by atoms with Crippen LogP contribution < -0.4 is 4.74 Å². The summed E-state index contributed by atoms with van der Waals surface area (Å²) in [5.41, 5.74) is 0.484. The van der Waals surface area contributed by atoms with E-state index in [4.69, 9.17) is 9.47 Å². The molecular weight excluding hydrogens is 284 g/mol. The zero-order chi connectivity index (χ0) is 15.7. The first kappa shape index (κ1) is 14.7. The molecule has 1 saturated heterocycles. The van der Waals surface area contributed by atoms with E-state index in [1.807, 2.05) is 24.3 Å². The molecule has 0 unspecified atom stereocenters. The van der Waals surface area contributed by atoms with Crippen LogP contribution in [0.2, 0.25) is 0 Å². The van der Waals surface area contributed by atoms with Gasteiger partial charge in [0.05, 0.1) is 19.6 Å². The van der Waals surface area contributed by atoms with Gasteiger partial charge in [0.2, 0.25) is 0 Å². The highest BCUT2D eigenvalue weighted by molar-refractivity contribution is 5.92. The Morgan fingerprint density at radius 2 is 1.68 bits per heavy atom. The summed E-state index contributed by atoms with van der Waals surface area (Å²) in [5, 5.41) is 2.95. The fourth-order valence-electron chi connectivity index (χ4n) is 3.03. The minimum Gasteiger partial charge on any atom is -0.497 e. The largest absolute Gasteiger partial charge is 0.497 e. The maximum absolute atomic E-state index is 13.0. The SMILES string of the molecule is COC(=O)N1CCCN1C(=O)C1(c2ccc(OC)cc2)CC1. The van der Waals surface area contributed by atoms with Crippen LogP contribution in [0.1, 0.15) is 24.8 Å². The lowest BCUT2D eigenvalue weighted by Gasteiger charge is -2.30. The highest BCUT2D eigenvalue weighted by atomic mass is 16.5. The molecule has 2 amide bonds. The fourth-order valence-corrected chi connectivity index (χ4v) is 3.03. The molecule has 22 heavy (non-hydrogen) atoms. The van der Waals surface area contributed by atoms with Crippen LogP contribution >= 0.6 is 0 Å². The Morgan fingerprint density at radius 3 is 2.23 bits per heavy atom. The van der Waals surface area contributed by atoms with Crippen molar-refractivity contribution in [2.45, 2.75) is 24.7 Å². The predicted molar refractivity (Wildman–Crippen MR) is 79.3 cm³/mol. The van der Waals surface area contributed by atoms with Gasteiger partial charge in [0.15, 0.2) is 0 Å². The highest BCUT2D eigenvalue weighted by Gasteiger charge is 2.55. The van der Waals surface area contributed by atoms with Gasteiger partial charge in [0.25, 0.3) is 5.91 Å². The summed E-state index contributed by atoms with van der Waals surface area (Å²) in [6.45, 7) is 1.09. The quantitative estimate of drug-likeness (QED) is 0.856. The lowest BCUT2D eigenvalue weighted by molar-refractivity contribution is -0.144. The third-order valence-corrected chi connectivity index (χ3v) is 4.45. The molecule has 1 aliphatic carbocycles. The molecule has 0 radical (unpaired) electrons. The molecule has 0 aromatic heterocycles. The van der Waals surface area contributed by atoms with E-state index in [0.29, 0.717) is 13.1 Å². The molecule has 3 rings (SSSR count). The number of methoxy groups -OCH3 is 2. The molecule has 2 aliphatic rings. The van der Waals surface area contributed by atoms with E-state index >= 15 is 0 Å². The zero-order valence-electron chi connectivity index (χ0n) is 12.9. The van der Waals surface area contributed by atoms with Crippen molar-refractivity contribution in [1.29, 1.82) is 0 Å². The Labute approximate surface area is 129 Å². The number of ether oxygens (including phenoxy) is 2. The van der Waals surface area contributed by atoms with Crippen molar-refractivity contribution in [2.24, 2.45) is 0 Å². The fraction of sp³-hybridized carbons (Fsp3) is 0.500. The van der Waals surface area contributed by atoms with Gasteiger partial charge in [-0.1, -0.05) is 12.1 Å². The maximum atomic E-state index is 13.0. The number of benzene rings is 1. The Morgan fingerprint density at radius 1 is 1.05 bits per heavy atom. The van der Waals surface area contributed by atoms with Gasteiger partial charge in [-0.2, -0.15) is 0 Å². The van der Waals surface area contributed by atoms with E-state index < -0.39 is 11.5 Å². The van der Waals surface area contributed by atoms with Gasteiger partial charge in [0.1, 0.15) is 5.75 Å². The van der Waals surface area contributed by atoms with Gasteiger partial charge >= 0.3 is 6.09 Å². The van der Waals surface area contributed by atoms with Crippen molar-refractivity contribution in [3.63, 3.8) is 0 Å². The second kappa shape index (κ2) is 5.51. The Kier molecular flexibility index (Phi) is 3.68. The molecule has 1 aromatic carbocycles. The Bertz CT molecular complexity index is 580. The third kappa shape index (κ3) is 2.28. The molecule has 1 saturated carbocycles. The summed E-state index contributed by atoms with van der Waals surface area (Å²) >= 11 is 0. The average Bonchev–Trinajstić information content (AvgIpc) is 3.23. The lowest BCUT2D eigenvalue weighted by Crippen LogP contribution is -2.48. The molecule has 1 heterocycles. The number of carbonyl (C=O) groups is 2. The van der Waals surface area contributed by atoms with E-state index in [1.54, 1.807) is 12.1 Å². The van der Waals surface area contributed by atoms with E-state index in [-0.39, 0.29) is 5.91 Å². The van der Waals surface area contributed by atoms with E-state index in [0.717, 1.165) is 30.6 Å². The summed E-state index contributed by atoms with van der Waals surface area (Å²) in [7, 11) is 2.95. The molecule has 1 aliphatic heterocycles. The molecule has 0 atom stereocenters.